The second-order valence-electron chi connectivity index (χ2n) is 5.66. The molecule has 0 amide bonds. The van der Waals surface area contributed by atoms with Crippen LogP contribution in [0.25, 0.3) is 0 Å². The van der Waals surface area contributed by atoms with Gasteiger partial charge in [0.1, 0.15) is 0 Å². The molecule has 2 N–H and O–H groups in total. The Kier molecular flexibility index (Phi) is 4.41. The van der Waals surface area contributed by atoms with Crippen LogP contribution in [-0.4, -0.2) is 24.0 Å². The van der Waals surface area contributed by atoms with Crippen LogP contribution in [0.2, 0.25) is 0 Å². The number of nitrogens with zero attached hydrogens (tertiary/aromatic N) is 1. The Labute approximate surface area is 111 Å². The van der Waals surface area contributed by atoms with E-state index in [9.17, 15) is 0 Å². The number of nitrogens with two attached hydrogens (primary N) is 1. The first kappa shape index (κ1) is 13.6. The van der Waals surface area contributed by atoms with Gasteiger partial charge in [-0.05, 0) is 51.3 Å². The van der Waals surface area contributed by atoms with E-state index < -0.39 is 0 Å². The highest BCUT2D eigenvalue weighted by atomic mass is 15.2. The van der Waals surface area contributed by atoms with E-state index in [-0.39, 0.29) is 0 Å². The zero-order valence-electron chi connectivity index (χ0n) is 11.9. The van der Waals surface area contributed by atoms with Crippen molar-refractivity contribution in [3.63, 3.8) is 0 Å². The molecule has 1 aliphatic rings. The van der Waals surface area contributed by atoms with Crippen LogP contribution >= 0.6 is 0 Å². The molecule has 1 saturated heterocycles. The molecule has 0 aliphatic carbocycles. The molecule has 1 aromatic rings. The summed E-state index contributed by atoms with van der Waals surface area (Å²) < 4.78 is 0. The molecular formula is C16H26N2. The summed E-state index contributed by atoms with van der Waals surface area (Å²) in [4.78, 5) is 2.60. The molecule has 2 nitrogen and oxygen atoms in total. The predicted octanol–water partition coefficient (Wildman–Crippen LogP) is 3.18. The van der Waals surface area contributed by atoms with Gasteiger partial charge in [0.05, 0.1) is 0 Å². The Morgan fingerprint density at radius 3 is 2.78 bits per heavy atom. The normalized spacial score (nSPS) is 23.0. The quantitative estimate of drug-likeness (QED) is 0.887. The lowest BCUT2D eigenvalue weighted by Crippen LogP contribution is -2.45. The third-order valence-corrected chi connectivity index (χ3v) is 4.32. The number of hydrogen-bond donors (Lipinski definition) is 1. The fraction of sp³-hybridized carbons (Fsp3) is 0.625. The molecule has 2 heteroatoms. The monoisotopic (exact) mass is 246 g/mol. The van der Waals surface area contributed by atoms with Gasteiger partial charge in [0.25, 0.3) is 0 Å². The molecule has 2 rings (SSSR count). The average molecular weight is 246 g/mol. The number of rotatable bonds is 3. The SMILES string of the molecule is Cc1ccc(C(C)N2CCCCC2CN)c(C)c1. The molecule has 1 heterocycles. The maximum atomic E-state index is 5.93. The molecule has 0 saturated carbocycles. The van der Waals surface area contributed by atoms with Crippen LogP contribution in [0.4, 0.5) is 0 Å². The lowest BCUT2D eigenvalue weighted by atomic mass is 9.94. The molecule has 0 aromatic heterocycles. The highest BCUT2D eigenvalue weighted by Crippen LogP contribution is 2.29. The standard InChI is InChI=1S/C16H26N2/c1-12-7-8-16(13(2)10-12)14(3)18-9-5-4-6-15(18)11-17/h7-8,10,14-15H,4-6,9,11,17H2,1-3H3. The first-order chi connectivity index (χ1) is 8.63. The van der Waals surface area contributed by atoms with Gasteiger partial charge in [0.2, 0.25) is 0 Å². The van der Waals surface area contributed by atoms with Crippen LogP contribution in [-0.2, 0) is 0 Å². The highest BCUT2D eigenvalue weighted by molar-refractivity contribution is 5.32. The highest BCUT2D eigenvalue weighted by Gasteiger charge is 2.26. The van der Waals surface area contributed by atoms with E-state index in [2.05, 4.69) is 43.9 Å². The van der Waals surface area contributed by atoms with E-state index in [4.69, 9.17) is 5.73 Å². The van der Waals surface area contributed by atoms with E-state index in [0.29, 0.717) is 12.1 Å². The molecule has 1 aromatic carbocycles. The summed E-state index contributed by atoms with van der Waals surface area (Å²) in [5, 5.41) is 0. The predicted molar refractivity (Wildman–Crippen MR) is 77.7 cm³/mol. The van der Waals surface area contributed by atoms with Crippen molar-refractivity contribution in [3.8, 4) is 0 Å². The van der Waals surface area contributed by atoms with Crippen LogP contribution < -0.4 is 5.73 Å². The maximum Gasteiger partial charge on any atom is 0.0325 e. The van der Waals surface area contributed by atoms with Crippen LogP contribution in [0.5, 0.6) is 0 Å². The summed E-state index contributed by atoms with van der Waals surface area (Å²) in [7, 11) is 0. The fourth-order valence-electron chi connectivity index (χ4n) is 3.26. The number of aryl methyl sites for hydroxylation is 2. The van der Waals surface area contributed by atoms with Gasteiger partial charge >= 0.3 is 0 Å². The molecule has 0 radical (unpaired) electrons. The molecule has 0 bridgehead atoms. The van der Waals surface area contributed by atoms with E-state index in [1.54, 1.807) is 0 Å². The average Bonchev–Trinajstić information content (AvgIpc) is 2.38. The van der Waals surface area contributed by atoms with Crippen molar-refractivity contribution >= 4 is 0 Å². The summed E-state index contributed by atoms with van der Waals surface area (Å²) in [6, 6.07) is 7.85. The van der Waals surface area contributed by atoms with Crippen LogP contribution in [0, 0.1) is 13.8 Å². The van der Waals surface area contributed by atoms with Crippen molar-refractivity contribution in [1.29, 1.82) is 0 Å². The third-order valence-electron chi connectivity index (χ3n) is 4.32. The van der Waals surface area contributed by atoms with Crippen LogP contribution in [0.3, 0.4) is 0 Å². The van der Waals surface area contributed by atoms with E-state index in [0.717, 1.165) is 6.54 Å². The Balaban J connectivity index is 2.20. The molecule has 2 atom stereocenters. The Bertz CT molecular complexity index is 400. The molecule has 100 valence electrons. The van der Waals surface area contributed by atoms with Crippen molar-refractivity contribution in [2.24, 2.45) is 5.73 Å². The Hall–Kier alpha value is -0.860. The van der Waals surface area contributed by atoms with Gasteiger partial charge in [-0.2, -0.15) is 0 Å². The molecule has 1 aliphatic heterocycles. The second kappa shape index (κ2) is 5.85. The summed E-state index contributed by atoms with van der Waals surface area (Å²) in [6.07, 6.45) is 3.90. The fourth-order valence-corrected chi connectivity index (χ4v) is 3.26. The van der Waals surface area contributed by atoms with Gasteiger partial charge < -0.3 is 5.73 Å². The summed E-state index contributed by atoms with van der Waals surface area (Å²) in [6.45, 7) is 8.68. The number of hydrogen-bond acceptors (Lipinski definition) is 2. The minimum Gasteiger partial charge on any atom is -0.329 e. The maximum absolute atomic E-state index is 5.93. The zero-order chi connectivity index (χ0) is 13.1. The summed E-state index contributed by atoms with van der Waals surface area (Å²) >= 11 is 0. The minimum absolute atomic E-state index is 0.486. The molecule has 0 spiro atoms. The van der Waals surface area contributed by atoms with Crippen molar-refractivity contribution < 1.29 is 0 Å². The van der Waals surface area contributed by atoms with Crippen LogP contribution in [0.15, 0.2) is 18.2 Å². The molecule has 2 unspecified atom stereocenters. The minimum atomic E-state index is 0.486. The first-order valence-corrected chi connectivity index (χ1v) is 7.16. The van der Waals surface area contributed by atoms with Crippen LogP contribution in [0.1, 0.15) is 48.9 Å². The van der Waals surface area contributed by atoms with Crippen molar-refractivity contribution in [3.05, 3.63) is 34.9 Å². The first-order valence-electron chi connectivity index (χ1n) is 7.16. The lowest BCUT2D eigenvalue weighted by Gasteiger charge is -2.40. The third kappa shape index (κ3) is 2.76. The van der Waals surface area contributed by atoms with Gasteiger partial charge in [-0.15, -0.1) is 0 Å². The van der Waals surface area contributed by atoms with Gasteiger partial charge in [-0.1, -0.05) is 30.2 Å². The van der Waals surface area contributed by atoms with Crippen molar-refractivity contribution in [2.75, 3.05) is 13.1 Å². The van der Waals surface area contributed by atoms with Gasteiger partial charge in [-0.25, -0.2) is 0 Å². The topological polar surface area (TPSA) is 29.3 Å². The van der Waals surface area contributed by atoms with E-state index >= 15 is 0 Å². The molecule has 1 fully saturated rings. The smallest absolute Gasteiger partial charge is 0.0325 e. The Morgan fingerprint density at radius 1 is 1.33 bits per heavy atom. The van der Waals surface area contributed by atoms with Gasteiger partial charge in [0.15, 0.2) is 0 Å². The summed E-state index contributed by atoms with van der Waals surface area (Å²) in [5.41, 5.74) is 10.1. The molecular weight excluding hydrogens is 220 g/mol. The van der Waals surface area contributed by atoms with Crippen molar-refractivity contribution in [1.82, 2.24) is 4.90 Å². The number of likely N-dealkylation sites (tertiary alicyclic amines) is 1. The molecule has 18 heavy (non-hydrogen) atoms. The van der Waals surface area contributed by atoms with E-state index in [1.165, 1.54) is 42.5 Å². The Morgan fingerprint density at radius 2 is 2.11 bits per heavy atom. The van der Waals surface area contributed by atoms with E-state index in [1.807, 2.05) is 0 Å². The zero-order valence-corrected chi connectivity index (χ0v) is 11.9. The van der Waals surface area contributed by atoms with Gasteiger partial charge in [-0.3, -0.25) is 4.90 Å². The summed E-state index contributed by atoms with van der Waals surface area (Å²) in [5.74, 6) is 0. The van der Waals surface area contributed by atoms with Gasteiger partial charge in [0, 0.05) is 18.6 Å². The second-order valence-corrected chi connectivity index (χ2v) is 5.66. The van der Waals surface area contributed by atoms with Crippen molar-refractivity contribution in [2.45, 2.75) is 52.1 Å². The number of benzene rings is 1. The number of piperidine rings is 1. The lowest BCUT2D eigenvalue weighted by molar-refractivity contribution is 0.107. The largest absolute Gasteiger partial charge is 0.329 e.